The van der Waals surface area contributed by atoms with Gasteiger partial charge in [-0.15, -0.1) is 0 Å². The van der Waals surface area contributed by atoms with E-state index < -0.39 is 0 Å². The molecule has 3 aromatic rings. The molecule has 1 N–H and O–H groups in total. The van der Waals surface area contributed by atoms with Crippen molar-refractivity contribution in [3.05, 3.63) is 48.7 Å². The maximum Gasteiger partial charge on any atom is 0.224 e. The number of carbonyl (C=O) groups is 1. The first-order valence-electron chi connectivity index (χ1n) is 10.2. The van der Waals surface area contributed by atoms with Crippen molar-refractivity contribution in [2.24, 2.45) is 5.92 Å². The van der Waals surface area contributed by atoms with Gasteiger partial charge in [0.15, 0.2) is 5.13 Å². The number of benzene rings is 1. The van der Waals surface area contributed by atoms with Gasteiger partial charge < -0.3 is 15.1 Å². The molecular formula is C22H27N5OS. The van der Waals surface area contributed by atoms with Crippen molar-refractivity contribution in [3.63, 3.8) is 0 Å². The molecular weight excluding hydrogens is 382 g/mol. The second kappa shape index (κ2) is 9.22. The molecule has 2 aromatic heterocycles. The molecule has 152 valence electrons. The van der Waals surface area contributed by atoms with E-state index in [0.29, 0.717) is 6.54 Å². The van der Waals surface area contributed by atoms with Crippen LogP contribution < -0.4 is 15.1 Å². The monoisotopic (exact) mass is 409 g/mol. The van der Waals surface area contributed by atoms with Gasteiger partial charge in [-0.3, -0.25) is 4.79 Å². The van der Waals surface area contributed by atoms with Crippen LogP contribution in [0.1, 0.15) is 19.3 Å². The molecule has 1 fully saturated rings. The van der Waals surface area contributed by atoms with Crippen LogP contribution in [0.2, 0.25) is 0 Å². The summed E-state index contributed by atoms with van der Waals surface area (Å²) in [4.78, 5) is 27.2. The van der Waals surface area contributed by atoms with E-state index in [1.165, 1.54) is 5.69 Å². The van der Waals surface area contributed by atoms with Gasteiger partial charge in [-0.2, -0.15) is 0 Å². The minimum atomic E-state index is 0.0237. The number of nitrogens with one attached hydrogen (secondary N) is 1. The number of para-hydroxylation sites is 1. The van der Waals surface area contributed by atoms with Crippen molar-refractivity contribution in [2.75, 3.05) is 43.0 Å². The van der Waals surface area contributed by atoms with Gasteiger partial charge in [0.05, 0.1) is 5.92 Å². The van der Waals surface area contributed by atoms with Crippen LogP contribution in [0.4, 0.5) is 10.8 Å². The fraction of sp³-hybridized carbons (Fsp3) is 0.409. The molecule has 0 saturated carbocycles. The number of rotatable bonds is 7. The fourth-order valence-corrected chi connectivity index (χ4v) is 4.69. The van der Waals surface area contributed by atoms with E-state index in [1.54, 1.807) is 17.5 Å². The summed E-state index contributed by atoms with van der Waals surface area (Å²) in [5.74, 6) is 0.187. The highest BCUT2D eigenvalue weighted by molar-refractivity contribution is 7.21. The standard InChI is InChI=1S/C22H27N5OS/c1-26(18-9-3-2-4-10-18)14-7-13-23-20(28)17-8-6-15-27(16-17)22-25-19-11-5-12-24-21(19)29-22/h2-5,9-12,17H,6-8,13-16H2,1H3,(H,23,28)/t17-/m1/s1. The van der Waals surface area contributed by atoms with Crippen LogP contribution >= 0.6 is 11.3 Å². The van der Waals surface area contributed by atoms with E-state index in [1.807, 2.05) is 30.3 Å². The molecule has 1 saturated heterocycles. The Hall–Kier alpha value is -2.67. The van der Waals surface area contributed by atoms with Crippen LogP contribution in [-0.2, 0) is 4.79 Å². The van der Waals surface area contributed by atoms with Crippen LogP contribution in [-0.4, -0.2) is 49.1 Å². The molecule has 1 aliphatic heterocycles. The highest BCUT2D eigenvalue weighted by Crippen LogP contribution is 2.30. The van der Waals surface area contributed by atoms with Crippen molar-refractivity contribution >= 4 is 38.4 Å². The predicted octanol–water partition coefficient (Wildman–Crippen LogP) is 3.55. The molecule has 0 bridgehead atoms. The number of carbonyl (C=O) groups excluding carboxylic acids is 1. The molecule has 3 heterocycles. The minimum Gasteiger partial charge on any atom is -0.375 e. The fourth-order valence-electron chi connectivity index (χ4n) is 3.74. The second-order valence-electron chi connectivity index (χ2n) is 7.51. The molecule has 0 aliphatic carbocycles. The topological polar surface area (TPSA) is 61.4 Å². The number of anilines is 2. The zero-order chi connectivity index (χ0) is 20.1. The van der Waals surface area contributed by atoms with E-state index in [0.717, 1.165) is 54.4 Å². The molecule has 1 aliphatic rings. The van der Waals surface area contributed by atoms with Crippen molar-refractivity contribution in [3.8, 4) is 0 Å². The van der Waals surface area contributed by atoms with Crippen molar-refractivity contribution in [2.45, 2.75) is 19.3 Å². The Morgan fingerprint density at radius 2 is 2.14 bits per heavy atom. The lowest BCUT2D eigenvalue weighted by Crippen LogP contribution is -2.43. The molecule has 29 heavy (non-hydrogen) atoms. The quantitative estimate of drug-likeness (QED) is 0.605. The Bertz CT molecular complexity index is 912. The Labute approximate surface area is 175 Å². The lowest BCUT2D eigenvalue weighted by molar-refractivity contribution is -0.125. The SMILES string of the molecule is CN(CCCNC(=O)[C@@H]1CCCN(c2nc3cccnc3s2)C1)c1ccccc1. The highest BCUT2D eigenvalue weighted by atomic mass is 32.1. The van der Waals surface area contributed by atoms with Crippen molar-refractivity contribution in [1.29, 1.82) is 0 Å². The first-order valence-corrected chi connectivity index (χ1v) is 11.0. The minimum absolute atomic E-state index is 0.0237. The van der Waals surface area contributed by atoms with Gasteiger partial charge in [-0.1, -0.05) is 29.5 Å². The van der Waals surface area contributed by atoms with E-state index >= 15 is 0 Å². The lowest BCUT2D eigenvalue weighted by atomic mass is 9.97. The first kappa shape index (κ1) is 19.6. The van der Waals surface area contributed by atoms with Gasteiger partial charge >= 0.3 is 0 Å². The molecule has 0 spiro atoms. The highest BCUT2D eigenvalue weighted by Gasteiger charge is 2.27. The summed E-state index contributed by atoms with van der Waals surface area (Å²) in [6.45, 7) is 3.30. The molecule has 6 nitrogen and oxygen atoms in total. The normalized spacial score (nSPS) is 16.7. The van der Waals surface area contributed by atoms with Crippen LogP contribution in [0.15, 0.2) is 48.7 Å². The number of fused-ring (bicyclic) bond motifs is 1. The number of amides is 1. The van der Waals surface area contributed by atoms with Gasteiger partial charge in [-0.25, -0.2) is 9.97 Å². The predicted molar refractivity (Wildman–Crippen MR) is 120 cm³/mol. The van der Waals surface area contributed by atoms with Crippen molar-refractivity contribution in [1.82, 2.24) is 15.3 Å². The largest absolute Gasteiger partial charge is 0.375 e. The summed E-state index contributed by atoms with van der Waals surface area (Å²) < 4.78 is 0. The zero-order valence-corrected chi connectivity index (χ0v) is 17.6. The smallest absolute Gasteiger partial charge is 0.224 e. The Morgan fingerprint density at radius 1 is 1.28 bits per heavy atom. The Morgan fingerprint density at radius 3 is 2.97 bits per heavy atom. The third-order valence-electron chi connectivity index (χ3n) is 5.38. The summed E-state index contributed by atoms with van der Waals surface area (Å²) in [7, 11) is 2.09. The van der Waals surface area contributed by atoms with Gasteiger partial charge in [0.25, 0.3) is 0 Å². The third kappa shape index (κ3) is 4.85. The maximum absolute atomic E-state index is 12.7. The zero-order valence-electron chi connectivity index (χ0n) is 16.8. The average molecular weight is 410 g/mol. The van der Waals surface area contributed by atoms with Crippen LogP contribution in [0, 0.1) is 5.92 Å². The third-order valence-corrected chi connectivity index (χ3v) is 6.42. The lowest BCUT2D eigenvalue weighted by Gasteiger charge is -2.31. The van der Waals surface area contributed by atoms with Gasteiger partial charge in [0.1, 0.15) is 10.3 Å². The summed E-state index contributed by atoms with van der Waals surface area (Å²) in [6.07, 6.45) is 4.68. The Kier molecular flexibility index (Phi) is 6.24. The number of piperidine rings is 1. The molecule has 1 atom stereocenters. The summed E-state index contributed by atoms with van der Waals surface area (Å²) >= 11 is 1.61. The first-order chi connectivity index (χ1) is 14.2. The number of aromatic nitrogens is 2. The Balaban J connectivity index is 1.25. The summed E-state index contributed by atoms with van der Waals surface area (Å²) in [6, 6.07) is 14.2. The van der Waals surface area contributed by atoms with Crippen LogP contribution in [0.5, 0.6) is 0 Å². The van der Waals surface area contributed by atoms with Crippen LogP contribution in [0.3, 0.4) is 0 Å². The van der Waals surface area contributed by atoms with Crippen molar-refractivity contribution < 1.29 is 4.79 Å². The van der Waals surface area contributed by atoms with E-state index in [4.69, 9.17) is 4.98 Å². The van der Waals surface area contributed by atoms with E-state index in [2.05, 4.69) is 39.3 Å². The molecule has 0 radical (unpaired) electrons. The molecule has 1 amide bonds. The second-order valence-corrected chi connectivity index (χ2v) is 8.47. The molecule has 4 rings (SSSR count). The number of pyridine rings is 1. The van der Waals surface area contributed by atoms with E-state index in [-0.39, 0.29) is 11.8 Å². The van der Waals surface area contributed by atoms with Gasteiger partial charge in [-0.05, 0) is 43.5 Å². The maximum atomic E-state index is 12.7. The number of thiazole rings is 1. The number of hydrogen-bond acceptors (Lipinski definition) is 6. The summed E-state index contributed by atoms with van der Waals surface area (Å²) in [5.41, 5.74) is 2.13. The summed E-state index contributed by atoms with van der Waals surface area (Å²) in [5, 5.41) is 4.11. The van der Waals surface area contributed by atoms with E-state index in [9.17, 15) is 4.79 Å². The molecule has 0 unspecified atom stereocenters. The van der Waals surface area contributed by atoms with Gasteiger partial charge in [0.2, 0.25) is 5.91 Å². The average Bonchev–Trinajstić information content (AvgIpc) is 3.21. The number of hydrogen-bond donors (Lipinski definition) is 1. The van der Waals surface area contributed by atoms with Gasteiger partial charge in [0, 0.05) is 45.1 Å². The molecule has 7 heteroatoms. The molecule has 1 aromatic carbocycles. The number of nitrogens with zero attached hydrogens (tertiary/aromatic N) is 4. The van der Waals surface area contributed by atoms with Crippen LogP contribution in [0.25, 0.3) is 10.3 Å².